The molecule has 3 heterocycles. The highest BCUT2D eigenvalue weighted by atomic mass is 16.5. The zero-order valence-electron chi connectivity index (χ0n) is 12.9. The molecule has 4 rings (SSSR count). The average molecular weight is 324 g/mol. The largest absolute Gasteiger partial charge is 0.459 e. The molecular formula is C17H16N4O3. The molecule has 3 aromatic rings. The molecule has 7 nitrogen and oxygen atoms in total. The van der Waals surface area contributed by atoms with Crippen LogP contribution in [-0.2, 0) is 0 Å². The van der Waals surface area contributed by atoms with Gasteiger partial charge >= 0.3 is 0 Å². The summed E-state index contributed by atoms with van der Waals surface area (Å²) in [4.78, 5) is 18.8. The van der Waals surface area contributed by atoms with E-state index in [0.29, 0.717) is 37.1 Å². The van der Waals surface area contributed by atoms with E-state index in [1.54, 1.807) is 17.0 Å². The van der Waals surface area contributed by atoms with E-state index < -0.39 is 0 Å². The molecule has 122 valence electrons. The van der Waals surface area contributed by atoms with E-state index in [2.05, 4.69) is 15.5 Å². The van der Waals surface area contributed by atoms with Crippen molar-refractivity contribution >= 4 is 5.91 Å². The van der Waals surface area contributed by atoms with Gasteiger partial charge in [0.25, 0.3) is 11.8 Å². The quantitative estimate of drug-likeness (QED) is 0.794. The van der Waals surface area contributed by atoms with Crippen LogP contribution >= 0.6 is 0 Å². The maximum atomic E-state index is 12.6. The van der Waals surface area contributed by atoms with Gasteiger partial charge in [-0.1, -0.05) is 35.5 Å². The van der Waals surface area contributed by atoms with Crippen molar-refractivity contribution in [2.75, 3.05) is 19.6 Å². The van der Waals surface area contributed by atoms with Gasteiger partial charge in [-0.3, -0.25) is 4.79 Å². The van der Waals surface area contributed by atoms with Gasteiger partial charge in [0.05, 0.1) is 6.26 Å². The molecule has 1 atom stereocenters. The number of hydrogen-bond acceptors (Lipinski definition) is 6. The summed E-state index contributed by atoms with van der Waals surface area (Å²) in [5.74, 6) is 1.07. The maximum absolute atomic E-state index is 12.6. The molecule has 1 amide bonds. The number of carbonyl (C=O) groups is 1. The standard InChI is InChI=1S/C17H16N4O3/c22-17(14-7-4-10-23-14)21-9-8-18-11-13(21)16-19-15(20-24-16)12-5-2-1-3-6-12/h1-7,10,13,18H,8-9,11H2. The predicted octanol–water partition coefficient (Wildman–Crippen LogP) is 2.12. The fourth-order valence-electron chi connectivity index (χ4n) is 2.78. The van der Waals surface area contributed by atoms with Crippen LogP contribution in [0.4, 0.5) is 0 Å². The average Bonchev–Trinajstić information content (AvgIpc) is 3.34. The van der Waals surface area contributed by atoms with Gasteiger partial charge in [-0.05, 0) is 12.1 Å². The van der Waals surface area contributed by atoms with Gasteiger partial charge in [-0.2, -0.15) is 4.98 Å². The third kappa shape index (κ3) is 2.69. The Bertz CT molecular complexity index is 814. The third-order valence-electron chi connectivity index (χ3n) is 3.99. The van der Waals surface area contributed by atoms with Gasteiger partial charge < -0.3 is 19.2 Å². The van der Waals surface area contributed by atoms with Crippen LogP contribution in [0.25, 0.3) is 11.4 Å². The number of nitrogens with one attached hydrogen (secondary N) is 1. The summed E-state index contributed by atoms with van der Waals surface area (Å²) < 4.78 is 10.7. The van der Waals surface area contributed by atoms with Crippen molar-refractivity contribution < 1.29 is 13.7 Å². The van der Waals surface area contributed by atoms with E-state index in [0.717, 1.165) is 5.56 Å². The van der Waals surface area contributed by atoms with Crippen molar-refractivity contribution in [3.8, 4) is 11.4 Å². The SMILES string of the molecule is O=C(c1ccco1)N1CCNCC1c1nc(-c2ccccc2)no1. The Balaban J connectivity index is 1.62. The molecule has 1 fully saturated rings. The molecule has 1 unspecified atom stereocenters. The molecule has 1 aliphatic rings. The molecule has 0 radical (unpaired) electrons. The Hall–Kier alpha value is -2.93. The van der Waals surface area contributed by atoms with E-state index in [9.17, 15) is 4.79 Å². The van der Waals surface area contributed by atoms with Crippen molar-refractivity contribution in [3.05, 3.63) is 60.4 Å². The number of rotatable bonds is 3. The molecule has 0 spiro atoms. The number of hydrogen-bond donors (Lipinski definition) is 1. The summed E-state index contributed by atoms with van der Waals surface area (Å²) in [6.45, 7) is 1.82. The molecule has 1 saturated heterocycles. The van der Waals surface area contributed by atoms with Crippen LogP contribution in [0.1, 0.15) is 22.5 Å². The monoisotopic (exact) mass is 324 g/mol. The van der Waals surface area contributed by atoms with E-state index in [1.165, 1.54) is 6.26 Å². The molecule has 1 aromatic carbocycles. The molecule has 2 aromatic heterocycles. The minimum atomic E-state index is -0.318. The summed E-state index contributed by atoms with van der Waals surface area (Å²) in [6, 6.07) is 12.6. The highest BCUT2D eigenvalue weighted by Gasteiger charge is 2.33. The zero-order chi connectivity index (χ0) is 16.4. The smallest absolute Gasteiger partial charge is 0.290 e. The second kappa shape index (κ2) is 6.29. The Morgan fingerprint density at radius 1 is 1.21 bits per heavy atom. The first-order valence-corrected chi connectivity index (χ1v) is 7.77. The summed E-state index contributed by atoms with van der Waals surface area (Å²) in [5.41, 5.74) is 0.875. The molecule has 0 saturated carbocycles. The normalized spacial score (nSPS) is 17.8. The van der Waals surface area contributed by atoms with E-state index >= 15 is 0 Å². The van der Waals surface area contributed by atoms with Crippen LogP contribution in [0.15, 0.2) is 57.7 Å². The van der Waals surface area contributed by atoms with Gasteiger partial charge in [0, 0.05) is 25.2 Å². The van der Waals surface area contributed by atoms with Crippen LogP contribution in [-0.4, -0.2) is 40.6 Å². The van der Waals surface area contributed by atoms with Crippen molar-refractivity contribution in [2.45, 2.75) is 6.04 Å². The van der Waals surface area contributed by atoms with Crippen LogP contribution in [0.5, 0.6) is 0 Å². The van der Waals surface area contributed by atoms with Crippen molar-refractivity contribution in [2.24, 2.45) is 0 Å². The van der Waals surface area contributed by atoms with Crippen LogP contribution in [0, 0.1) is 0 Å². The van der Waals surface area contributed by atoms with Gasteiger partial charge in [-0.15, -0.1) is 0 Å². The predicted molar refractivity (Wildman–Crippen MR) is 85.1 cm³/mol. The number of amides is 1. The lowest BCUT2D eigenvalue weighted by molar-refractivity contribution is 0.0557. The highest BCUT2D eigenvalue weighted by molar-refractivity contribution is 5.91. The molecular weight excluding hydrogens is 308 g/mol. The van der Waals surface area contributed by atoms with Crippen LogP contribution < -0.4 is 5.32 Å². The fraction of sp³-hybridized carbons (Fsp3) is 0.235. The lowest BCUT2D eigenvalue weighted by Crippen LogP contribution is -2.48. The van der Waals surface area contributed by atoms with Crippen molar-refractivity contribution in [1.29, 1.82) is 0 Å². The fourth-order valence-corrected chi connectivity index (χ4v) is 2.78. The van der Waals surface area contributed by atoms with Crippen molar-refractivity contribution in [3.63, 3.8) is 0 Å². The van der Waals surface area contributed by atoms with Gasteiger partial charge in [-0.25, -0.2) is 0 Å². The lowest BCUT2D eigenvalue weighted by atomic mass is 10.1. The number of piperazine rings is 1. The summed E-state index contributed by atoms with van der Waals surface area (Å²) in [7, 11) is 0. The Labute approximate surface area is 138 Å². The number of carbonyl (C=O) groups excluding carboxylic acids is 1. The highest BCUT2D eigenvalue weighted by Crippen LogP contribution is 2.25. The Morgan fingerprint density at radius 3 is 2.88 bits per heavy atom. The molecule has 7 heteroatoms. The summed E-state index contributed by atoms with van der Waals surface area (Å²) in [5, 5.41) is 7.30. The maximum Gasteiger partial charge on any atom is 0.290 e. The van der Waals surface area contributed by atoms with Gasteiger partial charge in [0.15, 0.2) is 5.76 Å². The van der Waals surface area contributed by atoms with Gasteiger partial charge in [0.2, 0.25) is 5.82 Å². The Morgan fingerprint density at radius 2 is 2.08 bits per heavy atom. The Kier molecular flexibility index (Phi) is 3.84. The van der Waals surface area contributed by atoms with E-state index in [1.807, 2.05) is 30.3 Å². The second-order valence-corrected chi connectivity index (χ2v) is 5.52. The summed E-state index contributed by atoms with van der Waals surface area (Å²) in [6.07, 6.45) is 1.49. The lowest BCUT2D eigenvalue weighted by Gasteiger charge is -2.33. The molecule has 24 heavy (non-hydrogen) atoms. The minimum Gasteiger partial charge on any atom is -0.459 e. The van der Waals surface area contributed by atoms with Crippen LogP contribution in [0.2, 0.25) is 0 Å². The van der Waals surface area contributed by atoms with E-state index in [4.69, 9.17) is 8.94 Å². The number of nitrogens with zero attached hydrogens (tertiary/aromatic N) is 3. The molecule has 1 N–H and O–H groups in total. The zero-order valence-corrected chi connectivity index (χ0v) is 12.9. The van der Waals surface area contributed by atoms with Crippen LogP contribution in [0.3, 0.4) is 0 Å². The number of aromatic nitrogens is 2. The first-order chi connectivity index (χ1) is 11.8. The minimum absolute atomic E-state index is 0.175. The van der Waals surface area contributed by atoms with E-state index in [-0.39, 0.29) is 11.9 Å². The topological polar surface area (TPSA) is 84.4 Å². The number of furan rings is 1. The summed E-state index contributed by atoms with van der Waals surface area (Å²) >= 11 is 0. The first kappa shape index (κ1) is 14.6. The first-order valence-electron chi connectivity index (χ1n) is 7.77. The number of benzene rings is 1. The second-order valence-electron chi connectivity index (χ2n) is 5.52. The molecule has 0 bridgehead atoms. The van der Waals surface area contributed by atoms with Crippen molar-refractivity contribution in [1.82, 2.24) is 20.4 Å². The third-order valence-corrected chi connectivity index (χ3v) is 3.99. The molecule has 0 aliphatic carbocycles. The molecule has 1 aliphatic heterocycles. The van der Waals surface area contributed by atoms with Gasteiger partial charge in [0.1, 0.15) is 6.04 Å².